The van der Waals surface area contributed by atoms with Crippen molar-refractivity contribution in [2.45, 2.75) is 20.0 Å². The summed E-state index contributed by atoms with van der Waals surface area (Å²) in [5.74, 6) is 1.81. The molecule has 3 aromatic carbocycles. The molecule has 180 valence electrons. The second-order valence-electron chi connectivity index (χ2n) is 7.91. The van der Waals surface area contributed by atoms with E-state index in [1.807, 2.05) is 62.4 Å². The monoisotopic (exact) mass is 464 g/mol. The number of aliphatic hydroxyl groups is 1. The molecule has 3 rings (SSSR count). The number of nitrogens with one attached hydrogen (secondary N) is 2. The fraction of sp³-hybridized carbons (Fsp3) is 0.296. The van der Waals surface area contributed by atoms with Crippen LogP contribution in [0.2, 0.25) is 0 Å². The molecule has 0 aliphatic heterocycles. The van der Waals surface area contributed by atoms with Gasteiger partial charge in [0.2, 0.25) is 0 Å². The lowest BCUT2D eigenvalue weighted by Gasteiger charge is -2.14. The van der Waals surface area contributed by atoms with Crippen LogP contribution >= 0.6 is 0 Å². The first kappa shape index (κ1) is 25.1. The van der Waals surface area contributed by atoms with E-state index in [1.54, 1.807) is 24.3 Å². The minimum atomic E-state index is -0.608. The summed E-state index contributed by atoms with van der Waals surface area (Å²) in [6.45, 7) is 5.51. The summed E-state index contributed by atoms with van der Waals surface area (Å²) in [6.07, 6.45) is -0.608. The van der Waals surface area contributed by atoms with Crippen LogP contribution < -0.4 is 24.8 Å². The van der Waals surface area contributed by atoms with Gasteiger partial charge in [-0.05, 0) is 61.4 Å². The van der Waals surface area contributed by atoms with Gasteiger partial charge in [0.25, 0.3) is 5.91 Å². The maximum atomic E-state index is 12.2. The molecular formula is C27H32N2O5. The first-order valence-electron chi connectivity index (χ1n) is 11.3. The van der Waals surface area contributed by atoms with Crippen molar-refractivity contribution < 1.29 is 24.1 Å². The summed E-state index contributed by atoms with van der Waals surface area (Å²) >= 11 is 0. The van der Waals surface area contributed by atoms with Gasteiger partial charge in [-0.15, -0.1) is 0 Å². The van der Waals surface area contributed by atoms with Crippen LogP contribution in [0.15, 0.2) is 72.8 Å². The van der Waals surface area contributed by atoms with Crippen molar-refractivity contribution in [1.29, 1.82) is 0 Å². The van der Waals surface area contributed by atoms with Crippen LogP contribution in [0.25, 0.3) is 0 Å². The van der Waals surface area contributed by atoms with E-state index in [0.717, 1.165) is 22.6 Å². The molecule has 3 N–H and O–H groups in total. The summed E-state index contributed by atoms with van der Waals surface area (Å²) in [5.41, 5.74) is 2.85. The number of amides is 1. The van der Waals surface area contributed by atoms with Crippen LogP contribution in [0.1, 0.15) is 11.1 Å². The number of carbonyl (C=O) groups is 1. The Bertz CT molecular complexity index is 1000. The van der Waals surface area contributed by atoms with Gasteiger partial charge in [0.1, 0.15) is 36.6 Å². The Hall–Kier alpha value is -3.55. The highest BCUT2D eigenvalue weighted by atomic mass is 16.5. The van der Waals surface area contributed by atoms with E-state index in [0.29, 0.717) is 31.2 Å². The minimum absolute atomic E-state index is 0.0752. The topological polar surface area (TPSA) is 89.1 Å². The normalized spacial score (nSPS) is 11.5. The Kier molecular flexibility index (Phi) is 9.76. The number of hydrogen-bond donors (Lipinski definition) is 3. The molecule has 0 spiro atoms. The lowest BCUT2D eigenvalue weighted by Crippen LogP contribution is -2.33. The maximum Gasteiger partial charge on any atom is 0.262 e. The van der Waals surface area contributed by atoms with Gasteiger partial charge in [0.15, 0.2) is 6.61 Å². The molecule has 0 bridgehead atoms. The van der Waals surface area contributed by atoms with Crippen molar-refractivity contribution in [2.24, 2.45) is 0 Å². The zero-order chi connectivity index (χ0) is 24.2. The van der Waals surface area contributed by atoms with Crippen LogP contribution in [0, 0.1) is 13.8 Å². The Balaban J connectivity index is 1.29. The van der Waals surface area contributed by atoms with E-state index in [4.69, 9.17) is 14.2 Å². The molecule has 34 heavy (non-hydrogen) atoms. The molecule has 0 saturated heterocycles. The van der Waals surface area contributed by atoms with Crippen molar-refractivity contribution in [1.82, 2.24) is 5.32 Å². The van der Waals surface area contributed by atoms with E-state index in [1.165, 1.54) is 0 Å². The Morgan fingerprint density at radius 3 is 2.12 bits per heavy atom. The number of aryl methyl sites for hydroxylation is 2. The van der Waals surface area contributed by atoms with Gasteiger partial charge < -0.3 is 30.0 Å². The van der Waals surface area contributed by atoms with E-state index in [9.17, 15) is 9.90 Å². The first-order chi connectivity index (χ1) is 16.5. The summed E-state index contributed by atoms with van der Waals surface area (Å²) < 4.78 is 16.8. The molecule has 7 heteroatoms. The molecule has 0 aliphatic rings. The summed E-state index contributed by atoms with van der Waals surface area (Å²) in [7, 11) is 0. The van der Waals surface area contributed by atoms with E-state index in [2.05, 4.69) is 10.6 Å². The van der Waals surface area contributed by atoms with Gasteiger partial charge in [-0.3, -0.25) is 4.79 Å². The number of anilines is 1. The second-order valence-corrected chi connectivity index (χ2v) is 7.91. The van der Waals surface area contributed by atoms with Crippen molar-refractivity contribution >= 4 is 11.6 Å². The molecular weight excluding hydrogens is 432 g/mol. The molecule has 1 atom stereocenters. The van der Waals surface area contributed by atoms with Crippen molar-refractivity contribution in [3.8, 4) is 17.2 Å². The molecule has 0 heterocycles. The van der Waals surface area contributed by atoms with Gasteiger partial charge in [-0.1, -0.05) is 36.4 Å². The van der Waals surface area contributed by atoms with Crippen LogP contribution in [0.5, 0.6) is 17.2 Å². The van der Waals surface area contributed by atoms with Gasteiger partial charge in [-0.2, -0.15) is 0 Å². The van der Waals surface area contributed by atoms with Crippen LogP contribution in [-0.4, -0.2) is 50.0 Å². The van der Waals surface area contributed by atoms with Crippen LogP contribution in [-0.2, 0) is 4.79 Å². The molecule has 7 nitrogen and oxygen atoms in total. The largest absolute Gasteiger partial charge is 0.492 e. The smallest absolute Gasteiger partial charge is 0.262 e. The van der Waals surface area contributed by atoms with E-state index >= 15 is 0 Å². The number of aliphatic hydroxyl groups excluding tert-OH is 1. The molecule has 0 fully saturated rings. The lowest BCUT2D eigenvalue weighted by molar-refractivity contribution is -0.118. The highest BCUT2D eigenvalue weighted by molar-refractivity contribution is 5.93. The molecule has 0 radical (unpaired) electrons. The minimum Gasteiger partial charge on any atom is -0.492 e. The van der Waals surface area contributed by atoms with Crippen molar-refractivity contribution in [2.75, 3.05) is 38.2 Å². The van der Waals surface area contributed by atoms with Gasteiger partial charge in [-0.25, -0.2) is 0 Å². The molecule has 1 unspecified atom stereocenters. The summed E-state index contributed by atoms with van der Waals surface area (Å²) in [4.78, 5) is 12.2. The Morgan fingerprint density at radius 1 is 0.824 bits per heavy atom. The third-order valence-corrected chi connectivity index (χ3v) is 5.05. The highest BCUT2D eigenvalue weighted by Gasteiger charge is 2.08. The van der Waals surface area contributed by atoms with Crippen molar-refractivity contribution in [3.05, 3.63) is 83.9 Å². The standard InChI is InChI=1S/C27H32N2O5/c1-20-7-6-8-21(2)27(20)29-26(31)19-34-25-13-11-24(12-14-25)32-16-15-28-17-22(30)18-33-23-9-4-3-5-10-23/h3-14,22,28,30H,15-19H2,1-2H3,(H,29,31). The highest BCUT2D eigenvalue weighted by Crippen LogP contribution is 2.20. The van der Waals surface area contributed by atoms with Gasteiger partial charge in [0, 0.05) is 18.8 Å². The number of ether oxygens (including phenoxy) is 3. The fourth-order valence-electron chi connectivity index (χ4n) is 3.25. The van der Waals surface area contributed by atoms with Crippen molar-refractivity contribution in [3.63, 3.8) is 0 Å². The molecule has 0 aliphatic carbocycles. The molecule has 3 aromatic rings. The number of para-hydroxylation sites is 2. The average Bonchev–Trinajstić information content (AvgIpc) is 2.85. The Labute approximate surface area is 200 Å². The second kappa shape index (κ2) is 13.2. The maximum absolute atomic E-state index is 12.2. The number of carbonyl (C=O) groups excluding carboxylic acids is 1. The Morgan fingerprint density at radius 2 is 1.44 bits per heavy atom. The average molecular weight is 465 g/mol. The summed E-state index contributed by atoms with van der Waals surface area (Å²) in [5, 5.41) is 16.0. The van der Waals surface area contributed by atoms with E-state index < -0.39 is 6.10 Å². The zero-order valence-corrected chi connectivity index (χ0v) is 19.6. The van der Waals surface area contributed by atoms with Crippen LogP contribution in [0.4, 0.5) is 5.69 Å². The quantitative estimate of drug-likeness (QED) is 0.334. The molecule has 1 amide bonds. The third-order valence-electron chi connectivity index (χ3n) is 5.05. The SMILES string of the molecule is Cc1cccc(C)c1NC(=O)COc1ccc(OCCNCC(O)COc2ccccc2)cc1. The van der Waals surface area contributed by atoms with Gasteiger partial charge in [0.05, 0.1) is 0 Å². The number of hydrogen-bond acceptors (Lipinski definition) is 6. The zero-order valence-electron chi connectivity index (χ0n) is 19.6. The van der Waals surface area contributed by atoms with E-state index in [-0.39, 0.29) is 19.1 Å². The fourth-order valence-corrected chi connectivity index (χ4v) is 3.25. The lowest BCUT2D eigenvalue weighted by atomic mass is 10.1. The summed E-state index contributed by atoms with van der Waals surface area (Å²) in [6, 6.07) is 22.4. The predicted octanol–water partition coefficient (Wildman–Crippen LogP) is 3.73. The van der Waals surface area contributed by atoms with Gasteiger partial charge >= 0.3 is 0 Å². The number of benzene rings is 3. The molecule has 0 saturated carbocycles. The van der Waals surface area contributed by atoms with Crippen LogP contribution in [0.3, 0.4) is 0 Å². The molecule has 0 aromatic heterocycles. The first-order valence-corrected chi connectivity index (χ1v) is 11.3. The predicted molar refractivity (Wildman–Crippen MR) is 133 cm³/mol. The third kappa shape index (κ3) is 8.42. The number of rotatable bonds is 13.